The molecule has 1 aliphatic heterocycles. The first-order chi connectivity index (χ1) is 11.7. The van der Waals surface area contributed by atoms with Gasteiger partial charge >= 0.3 is 0 Å². The van der Waals surface area contributed by atoms with Gasteiger partial charge in [-0.1, -0.05) is 18.2 Å². The quantitative estimate of drug-likeness (QED) is 0.943. The summed E-state index contributed by atoms with van der Waals surface area (Å²) in [6.45, 7) is 1.03. The molecule has 0 saturated carbocycles. The summed E-state index contributed by atoms with van der Waals surface area (Å²) < 4.78 is 5.76. The molecule has 5 nitrogen and oxygen atoms in total. The Hall–Kier alpha value is -2.30. The van der Waals surface area contributed by atoms with E-state index >= 15 is 0 Å². The lowest BCUT2D eigenvalue weighted by Crippen LogP contribution is -2.38. The third kappa shape index (κ3) is 2.79. The van der Waals surface area contributed by atoms with E-state index in [1.165, 1.54) is 24.1 Å². The second-order valence-corrected chi connectivity index (χ2v) is 6.85. The van der Waals surface area contributed by atoms with Crippen molar-refractivity contribution in [2.24, 2.45) is 5.92 Å². The number of carbonyl (C=O) groups excluding carboxylic acids is 1. The Kier molecular flexibility index (Phi) is 4.00. The number of hydrogen-bond acceptors (Lipinski definition) is 3. The Bertz CT molecular complexity index is 753. The number of para-hydroxylation sites is 1. The molecule has 0 fully saturated rings. The summed E-state index contributed by atoms with van der Waals surface area (Å²) >= 11 is 0. The molecule has 2 aliphatic rings. The van der Waals surface area contributed by atoms with Crippen LogP contribution in [0.4, 0.5) is 0 Å². The van der Waals surface area contributed by atoms with Crippen LogP contribution < -0.4 is 4.74 Å². The number of amides is 1. The lowest BCUT2D eigenvalue weighted by Gasteiger charge is -2.28. The first-order valence-corrected chi connectivity index (χ1v) is 8.73. The smallest absolute Gasteiger partial charge is 0.229 e. The minimum Gasteiger partial charge on any atom is -0.492 e. The van der Waals surface area contributed by atoms with Crippen LogP contribution in [0.15, 0.2) is 24.3 Å². The number of aromatic nitrogens is 2. The predicted octanol–water partition coefficient (Wildman–Crippen LogP) is 2.50. The van der Waals surface area contributed by atoms with Gasteiger partial charge in [0, 0.05) is 12.7 Å². The Morgan fingerprint density at radius 1 is 1.33 bits per heavy atom. The molecule has 2 heterocycles. The van der Waals surface area contributed by atoms with Crippen molar-refractivity contribution in [2.75, 3.05) is 13.7 Å². The standard InChI is InChI=1S/C19H23N3O2/c1-22(11-17-15-7-3-4-8-16(15)20-21-17)19(23)14-10-13-6-2-5-9-18(13)24-12-14/h2,5-6,9,14H,3-4,7-8,10-12H2,1H3,(H,20,21). The third-order valence-electron chi connectivity index (χ3n) is 5.13. The summed E-state index contributed by atoms with van der Waals surface area (Å²) in [4.78, 5) is 14.6. The number of hydrogen-bond donors (Lipinski definition) is 1. The van der Waals surface area contributed by atoms with Gasteiger partial charge in [-0.25, -0.2) is 0 Å². The Labute approximate surface area is 142 Å². The monoisotopic (exact) mass is 325 g/mol. The summed E-state index contributed by atoms with van der Waals surface area (Å²) in [5.41, 5.74) is 4.73. The number of H-pyrrole nitrogens is 1. The molecule has 1 amide bonds. The van der Waals surface area contributed by atoms with Gasteiger partial charge in [0.25, 0.3) is 0 Å². The van der Waals surface area contributed by atoms with E-state index < -0.39 is 0 Å². The van der Waals surface area contributed by atoms with E-state index in [2.05, 4.69) is 10.2 Å². The molecule has 1 aromatic carbocycles. The van der Waals surface area contributed by atoms with E-state index in [-0.39, 0.29) is 11.8 Å². The minimum absolute atomic E-state index is 0.111. The number of rotatable bonds is 3. The van der Waals surface area contributed by atoms with Crippen molar-refractivity contribution in [3.63, 3.8) is 0 Å². The number of nitrogens with one attached hydrogen (secondary N) is 1. The van der Waals surface area contributed by atoms with Gasteiger partial charge in [-0.3, -0.25) is 9.89 Å². The normalized spacial score (nSPS) is 19.1. The van der Waals surface area contributed by atoms with E-state index in [1.807, 2.05) is 31.3 Å². The third-order valence-corrected chi connectivity index (χ3v) is 5.13. The average molecular weight is 325 g/mol. The zero-order chi connectivity index (χ0) is 16.5. The van der Waals surface area contributed by atoms with Crippen LogP contribution in [0.3, 0.4) is 0 Å². The predicted molar refractivity (Wildman–Crippen MR) is 90.8 cm³/mol. The van der Waals surface area contributed by atoms with Crippen LogP contribution in [0.1, 0.15) is 35.4 Å². The Morgan fingerprint density at radius 3 is 3.08 bits per heavy atom. The summed E-state index contributed by atoms with van der Waals surface area (Å²) in [7, 11) is 1.87. The molecule has 1 aliphatic carbocycles. The maximum Gasteiger partial charge on any atom is 0.229 e. The molecular weight excluding hydrogens is 302 g/mol. The second-order valence-electron chi connectivity index (χ2n) is 6.85. The van der Waals surface area contributed by atoms with E-state index in [0.717, 1.165) is 36.3 Å². The van der Waals surface area contributed by atoms with Crippen molar-refractivity contribution in [3.8, 4) is 5.75 Å². The van der Waals surface area contributed by atoms with Crippen molar-refractivity contribution in [1.82, 2.24) is 15.1 Å². The molecule has 0 saturated heterocycles. The van der Waals surface area contributed by atoms with Crippen molar-refractivity contribution in [2.45, 2.75) is 38.6 Å². The van der Waals surface area contributed by atoms with E-state index in [1.54, 1.807) is 4.90 Å². The number of carbonyl (C=O) groups is 1. The van der Waals surface area contributed by atoms with E-state index in [0.29, 0.717) is 13.2 Å². The molecule has 1 unspecified atom stereocenters. The maximum atomic E-state index is 12.8. The minimum atomic E-state index is -0.111. The molecule has 2 aromatic rings. The first kappa shape index (κ1) is 15.2. The van der Waals surface area contributed by atoms with Gasteiger partial charge in [-0.05, 0) is 49.3 Å². The largest absolute Gasteiger partial charge is 0.492 e. The zero-order valence-corrected chi connectivity index (χ0v) is 14.0. The molecule has 1 N–H and O–H groups in total. The fourth-order valence-electron chi connectivity index (χ4n) is 3.78. The van der Waals surface area contributed by atoms with Crippen LogP contribution in [-0.4, -0.2) is 34.7 Å². The van der Waals surface area contributed by atoms with Crippen molar-refractivity contribution >= 4 is 5.91 Å². The number of aryl methyl sites for hydroxylation is 1. The van der Waals surface area contributed by atoms with Gasteiger partial charge in [0.15, 0.2) is 0 Å². The molecular formula is C19H23N3O2. The first-order valence-electron chi connectivity index (χ1n) is 8.73. The topological polar surface area (TPSA) is 58.2 Å². The lowest BCUT2D eigenvalue weighted by atomic mass is 9.94. The second kappa shape index (κ2) is 6.30. The van der Waals surface area contributed by atoms with Crippen LogP contribution >= 0.6 is 0 Å². The molecule has 5 heteroatoms. The molecule has 1 atom stereocenters. The number of ether oxygens (including phenoxy) is 1. The highest BCUT2D eigenvalue weighted by molar-refractivity contribution is 5.79. The number of benzene rings is 1. The van der Waals surface area contributed by atoms with Crippen LogP contribution in [0.5, 0.6) is 5.75 Å². The molecule has 0 radical (unpaired) electrons. The van der Waals surface area contributed by atoms with Gasteiger partial charge in [0.05, 0.1) is 18.2 Å². The molecule has 0 bridgehead atoms. The van der Waals surface area contributed by atoms with E-state index in [4.69, 9.17) is 4.74 Å². The van der Waals surface area contributed by atoms with E-state index in [9.17, 15) is 4.79 Å². The number of fused-ring (bicyclic) bond motifs is 2. The Balaban J connectivity index is 1.44. The van der Waals surface area contributed by atoms with Crippen LogP contribution in [-0.2, 0) is 30.6 Å². The van der Waals surface area contributed by atoms with Gasteiger partial charge in [-0.2, -0.15) is 5.10 Å². The van der Waals surface area contributed by atoms with Gasteiger partial charge in [0.2, 0.25) is 5.91 Å². The molecule has 1 aromatic heterocycles. The average Bonchev–Trinajstić information content (AvgIpc) is 3.03. The number of aromatic amines is 1. The number of nitrogens with zero attached hydrogens (tertiary/aromatic N) is 2. The summed E-state index contributed by atoms with van der Waals surface area (Å²) in [6.07, 6.45) is 5.33. The molecule has 0 spiro atoms. The molecule has 4 rings (SSSR count). The van der Waals surface area contributed by atoms with Crippen LogP contribution in [0.25, 0.3) is 0 Å². The highest BCUT2D eigenvalue weighted by atomic mass is 16.5. The SMILES string of the molecule is CN(Cc1n[nH]c2c1CCCC2)C(=O)C1COc2ccccc2C1. The summed E-state index contributed by atoms with van der Waals surface area (Å²) in [5.74, 6) is 0.933. The van der Waals surface area contributed by atoms with Crippen LogP contribution in [0, 0.1) is 5.92 Å². The highest BCUT2D eigenvalue weighted by Gasteiger charge is 2.29. The molecule has 126 valence electrons. The van der Waals surface area contributed by atoms with Crippen LogP contribution in [0.2, 0.25) is 0 Å². The van der Waals surface area contributed by atoms with Crippen molar-refractivity contribution in [3.05, 3.63) is 46.8 Å². The Morgan fingerprint density at radius 2 is 2.17 bits per heavy atom. The highest BCUT2D eigenvalue weighted by Crippen LogP contribution is 2.28. The van der Waals surface area contributed by atoms with Crippen molar-refractivity contribution < 1.29 is 9.53 Å². The lowest BCUT2D eigenvalue weighted by molar-refractivity contribution is -0.136. The zero-order valence-electron chi connectivity index (χ0n) is 14.0. The van der Waals surface area contributed by atoms with Gasteiger partial charge in [0.1, 0.15) is 12.4 Å². The van der Waals surface area contributed by atoms with Gasteiger partial charge < -0.3 is 9.64 Å². The van der Waals surface area contributed by atoms with Gasteiger partial charge in [-0.15, -0.1) is 0 Å². The van der Waals surface area contributed by atoms with Crippen molar-refractivity contribution in [1.29, 1.82) is 0 Å². The molecule has 24 heavy (non-hydrogen) atoms. The maximum absolute atomic E-state index is 12.8. The fraction of sp³-hybridized carbons (Fsp3) is 0.474. The fourth-order valence-corrected chi connectivity index (χ4v) is 3.78. The summed E-state index contributed by atoms with van der Waals surface area (Å²) in [5, 5.41) is 7.60. The summed E-state index contributed by atoms with van der Waals surface area (Å²) in [6, 6.07) is 7.97.